The van der Waals surface area contributed by atoms with Crippen LogP contribution in [-0.4, -0.2) is 22.5 Å². The minimum atomic E-state index is -0.522. The summed E-state index contributed by atoms with van der Waals surface area (Å²) in [6, 6.07) is 3.61. The molecule has 5 nitrogen and oxygen atoms in total. The molecule has 0 aliphatic heterocycles. The van der Waals surface area contributed by atoms with Gasteiger partial charge in [0, 0.05) is 12.6 Å². The quantitative estimate of drug-likeness (QED) is 0.848. The molecule has 5 heteroatoms. The number of carbonyl (C=O) groups is 2. The molecular formula is C14H20N2O3. The van der Waals surface area contributed by atoms with Crippen LogP contribution >= 0.6 is 0 Å². The number of nitrogens with one attached hydrogen (secondary N) is 1. The lowest BCUT2D eigenvalue weighted by molar-refractivity contribution is -0.155. The van der Waals surface area contributed by atoms with Crippen molar-refractivity contribution in [3.8, 4) is 0 Å². The molecule has 104 valence electrons. The highest BCUT2D eigenvalue weighted by Crippen LogP contribution is 2.10. The predicted octanol–water partition coefficient (Wildman–Crippen LogP) is 2.45. The van der Waals surface area contributed by atoms with Crippen molar-refractivity contribution in [1.82, 2.24) is 4.98 Å². The summed E-state index contributed by atoms with van der Waals surface area (Å²) in [4.78, 5) is 27.1. The smallest absolute Gasteiger partial charge is 0.306 e. The predicted molar refractivity (Wildman–Crippen MR) is 72.7 cm³/mol. The van der Waals surface area contributed by atoms with Gasteiger partial charge in [-0.2, -0.15) is 0 Å². The van der Waals surface area contributed by atoms with Gasteiger partial charge in [-0.3, -0.25) is 9.59 Å². The maximum atomic E-state index is 11.6. The lowest BCUT2D eigenvalue weighted by Gasteiger charge is -2.19. The lowest BCUT2D eigenvalue weighted by atomic mass is 10.2. The van der Waals surface area contributed by atoms with Gasteiger partial charge in [0.2, 0.25) is 5.91 Å². The summed E-state index contributed by atoms with van der Waals surface area (Å²) in [5, 5.41) is 2.64. The van der Waals surface area contributed by atoms with Gasteiger partial charge in [-0.15, -0.1) is 0 Å². The van der Waals surface area contributed by atoms with Crippen LogP contribution in [0.15, 0.2) is 18.3 Å². The summed E-state index contributed by atoms with van der Waals surface area (Å²) in [6.07, 6.45) is 1.78. The van der Waals surface area contributed by atoms with Gasteiger partial charge >= 0.3 is 5.97 Å². The van der Waals surface area contributed by atoms with Gasteiger partial charge in [0.25, 0.3) is 0 Å². The summed E-state index contributed by atoms with van der Waals surface area (Å²) >= 11 is 0. The first kappa shape index (κ1) is 15.1. The lowest BCUT2D eigenvalue weighted by Crippen LogP contribution is -2.24. The van der Waals surface area contributed by atoms with Gasteiger partial charge in [0.05, 0.1) is 6.42 Å². The highest BCUT2D eigenvalue weighted by molar-refractivity contribution is 5.91. The molecular weight excluding hydrogens is 244 g/mol. The van der Waals surface area contributed by atoms with E-state index in [2.05, 4.69) is 10.3 Å². The zero-order chi connectivity index (χ0) is 14.5. The van der Waals surface area contributed by atoms with Gasteiger partial charge < -0.3 is 10.1 Å². The third-order valence-electron chi connectivity index (χ3n) is 2.16. The average molecular weight is 264 g/mol. The number of hydrogen-bond acceptors (Lipinski definition) is 4. The highest BCUT2D eigenvalue weighted by Gasteiger charge is 2.17. The van der Waals surface area contributed by atoms with Gasteiger partial charge in [-0.1, -0.05) is 0 Å². The first-order valence-corrected chi connectivity index (χ1v) is 6.20. The van der Waals surface area contributed by atoms with E-state index in [0.717, 1.165) is 5.56 Å². The van der Waals surface area contributed by atoms with Crippen LogP contribution in [0.3, 0.4) is 0 Å². The average Bonchev–Trinajstić information content (AvgIpc) is 2.24. The van der Waals surface area contributed by atoms with E-state index in [9.17, 15) is 9.59 Å². The van der Waals surface area contributed by atoms with Crippen molar-refractivity contribution >= 4 is 17.7 Å². The molecule has 0 bridgehead atoms. The number of hydrogen-bond donors (Lipinski definition) is 1. The van der Waals surface area contributed by atoms with Gasteiger partial charge in [0.1, 0.15) is 11.4 Å². The largest absolute Gasteiger partial charge is 0.460 e. The topological polar surface area (TPSA) is 68.3 Å². The van der Waals surface area contributed by atoms with Crippen LogP contribution in [0.2, 0.25) is 0 Å². The van der Waals surface area contributed by atoms with Crippen molar-refractivity contribution in [2.75, 3.05) is 5.32 Å². The summed E-state index contributed by atoms with van der Waals surface area (Å²) < 4.78 is 5.12. The van der Waals surface area contributed by atoms with Gasteiger partial charge in [-0.05, 0) is 45.4 Å². The van der Waals surface area contributed by atoms with Gasteiger partial charge in [0.15, 0.2) is 0 Å². The van der Waals surface area contributed by atoms with E-state index in [4.69, 9.17) is 4.74 Å². The molecule has 1 aromatic rings. The summed E-state index contributed by atoms with van der Waals surface area (Å²) in [6.45, 7) is 7.29. The normalized spacial score (nSPS) is 10.9. The number of pyridine rings is 1. The molecule has 0 atom stereocenters. The molecule has 1 N–H and O–H groups in total. The molecule has 0 unspecified atom stereocenters. The van der Waals surface area contributed by atoms with Crippen molar-refractivity contribution in [3.05, 3.63) is 23.9 Å². The van der Waals surface area contributed by atoms with Crippen molar-refractivity contribution in [2.45, 2.75) is 46.1 Å². The van der Waals surface area contributed by atoms with Crippen LogP contribution in [0.5, 0.6) is 0 Å². The molecule has 0 aliphatic rings. The number of ether oxygens (including phenoxy) is 1. The van der Waals surface area contributed by atoms with Gasteiger partial charge in [-0.25, -0.2) is 4.98 Å². The third kappa shape index (κ3) is 6.55. The summed E-state index contributed by atoms with van der Waals surface area (Å²) in [5.74, 6) is -0.127. The monoisotopic (exact) mass is 264 g/mol. The molecule has 0 aliphatic carbocycles. The second kappa shape index (κ2) is 6.31. The third-order valence-corrected chi connectivity index (χ3v) is 2.16. The van der Waals surface area contributed by atoms with E-state index in [1.165, 1.54) is 0 Å². The molecule has 0 radical (unpaired) electrons. The van der Waals surface area contributed by atoms with Crippen LogP contribution in [0.25, 0.3) is 0 Å². The van der Waals surface area contributed by atoms with E-state index in [0.29, 0.717) is 5.82 Å². The number of carbonyl (C=O) groups excluding carboxylic acids is 2. The second-order valence-electron chi connectivity index (χ2n) is 5.35. The number of rotatable bonds is 4. The Bertz CT molecular complexity index is 464. The van der Waals surface area contributed by atoms with Crippen LogP contribution in [0.1, 0.15) is 39.2 Å². The molecule has 1 amide bonds. The Balaban J connectivity index is 2.38. The minimum absolute atomic E-state index is 0.0644. The summed E-state index contributed by atoms with van der Waals surface area (Å²) in [5.41, 5.74) is 0.489. The highest BCUT2D eigenvalue weighted by atomic mass is 16.6. The van der Waals surface area contributed by atoms with E-state index < -0.39 is 5.60 Å². The van der Waals surface area contributed by atoms with Crippen LogP contribution in [0.4, 0.5) is 5.82 Å². The number of esters is 1. The number of nitrogens with zero attached hydrogens (tertiary/aromatic N) is 1. The molecule has 0 spiro atoms. The van der Waals surface area contributed by atoms with Crippen LogP contribution in [-0.2, 0) is 14.3 Å². The number of aryl methyl sites for hydroxylation is 1. The fourth-order valence-electron chi connectivity index (χ4n) is 1.42. The maximum absolute atomic E-state index is 11.6. The Morgan fingerprint density at radius 3 is 2.58 bits per heavy atom. The van der Waals surface area contributed by atoms with Crippen LogP contribution < -0.4 is 5.32 Å². The molecule has 0 saturated carbocycles. The molecule has 19 heavy (non-hydrogen) atoms. The van der Waals surface area contributed by atoms with E-state index in [1.807, 2.05) is 13.0 Å². The Morgan fingerprint density at radius 2 is 2.00 bits per heavy atom. The molecule has 0 fully saturated rings. The van der Waals surface area contributed by atoms with Crippen LogP contribution in [0, 0.1) is 6.92 Å². The Morgan fingerprint density at radius 1 is 1.32 bits per heavy atom. The molecule has 1 heterocycles. The van der Waals surface area contributed by atoms with E-state index in [1.54, 1.807) is 33.0 Å². The first-order valence-electron chi connectivity index (χ1n) is 6.20. The number of amides is 1. The molecule has 1 rings (SSSR count). The zero-order valence-electron chi connectivity index (χ0n) is 11.8. The number of anilines is 1. The summed E-state index contributed by atoms with van der Waals surface area (Å²) in [7, 11) is 0. The van der Waals surface area contributed by atoms with E-state index >= 15 is 0 Å². The molecule has 1 aromatic heterocycles. The Labute approximate surface area is 113 Å². The van der Waals surface area contributed by atoms with Crippen molar-refractivity contribution < 1.29 is 14.3 Å². The standard InChI is InChI=1S/C14H20N2O3/c1-10-7-8-15-11(9-10)16-12(17)5-6-13(18)19-14(2,3)4/h7-9H,5-6H2,1-4H3,(H,15,16,17). The Kier molecular flexibility index (Phi) is 5.03. The minimum Gasteiger partial charge on any atom is -0.460 e. The van der Waals surface area contributed by atoms with Crippen molar-refractivity contribution in [1.29, 1.82) is 0 Å². The maximum Gasteiger partial charge on any atom is 0.306 e. The van der Waals surface area contributed by atoms with E-state index in [-0.39, 0.29) is 24.7 Å². The number of aromatic nitrogens is 1. The first-order chi connectivity index (χ1) is 8.76. The zero-order valence-corrected chi connectivity index (χ0v) is 11.8. The Hall–Kier alpha value is -1.91. The molecule has 0 saturated heterocycles. The molecule has 0 aromatic carbocycles. The van der Waals surface area contributed by atoms with Crippen molar-refractivity contribution in [3.63, 3.8) is 0 Å². The SMILES string of the molecule is Cc1ccnc(NC(=O)CCC(=O)OC(C)(C)C)c1. The fourth-order valence-corrected chi connectivity index (χ4v) is 1.42. The van der Waals surface area contributed by atoms with Crippen molar-refractivity contribution in [2.24, 2.45) is 0 Å². The second-order valence-corrected chi connectivity index (χ2v) is 5.35. The fraction of sp³-hybridized carbons (Fsp3) is 0.500.